The van der Waals surface area contributed by atoms with Gasteiger partial charge in [-0.2, -0.15) is 0 Å². The van der Waals surface area contributed by atoms with Crippen LogP contribution in [-0.4, -0.2) is 34.0 Å². The van der Waals surface area contributed by atoms with Gasteiger partial charge >= 0.3 is 0 Å². The molecular formula is C20H21N3O3. The quantitative estimate of drug-likeness (QED) is 0.852. The minimum Gasteiger partial charge on any atom is -0.468 e. The van der Waals surface area contributed by atoms with Gasteiger partial charge in [-0.3, -0.25) is 14.6 Å². The van der Waals surface area contributed by atoms with E-state index in [0.29, 0.717) is 19.4 Å². The summed E-state index contributed by atoms with van der Waals surface area (Å²) in [5.74, 6) is -1.20. The van der Waals surface area contributed by atoms with Crippen LogP contribution in [0.2, 0.25) is 0 Å². The van der Waals surface area contributed by atoms with E-state index in [9.17, 15) is 9.59 Å². The van der Waals surface area contributed by atoms with Crippen molar-refractivity contribution in [3.63, 3.8) is 0 Å². The fourth-order valence-electron chi connectivity index (χ4n) is 4.17. The van der Waals surface area contributed by atoms with Gasteiger partial charge in [-0.25, -0.2) is 0 Å². The number of carbonyl (C=O) groups excluding carboxylic acids is 2. The molecule has 2 bridgehead atoms. The molecule has 1 fully saturated rings. The summed E-state index contributed by atoms with van der Waals surface area (Å²) in [6.07, 6.45) is 4.67. The highest BCUT2D eigenvalue weighted by atomic mass is 16.5. The standard InChI is InChI=1S/C20H21N3O3/c1-20-12-15(14-4-2-3-5-16(14)26-20)17(18(21)24)19(25)23(20)11-8-13-6-9-22-10-7-13/h2-7,9-10,15,17H,8,11-12H2,1H3,(H2,21,24)/t15-,17-,20-/m0/s1. The molecule has 2 aromatic rings. The normalized spacial score (nSPS) is 26.8. The van der Waals surface area contributed by atoms with E-state index in [1.807, 2.05) is 43.3 Å². The molecule has 1 aromatic carbocycles. The zero-order chi connectivity index (χ0) is 18.3. The van der Waals surface area contributed by atoms with Gasteiger partial charge in [-0.05, 0) is 42.7 Å². The largest absolute Gasteiger partial charge is 0.468 e. The van der Waals surface area contributed by atoms with Crippen LogP contribution in [0, 0.1) is 5.92 Å². The molecule has 3 heterocycles. The van der Waals surface area contributed by atoms with E-state index in [2.05, 4.69) is 4.98 Å². The SMILES string of the molecule is C[C@@]12C[C@@H](c3ccccc3O1)[C@@H](C(N)=O)C(=O)N2CCc1ccncc1. The number of fused-ring (bicyclic) bond motifs is 4. The number of hydrogen-bond acceptors (Lipinski definition) is 4. The number of nitrogens with zero attached hydrogens (tertiary/aromatic N) is 2. The lowest BCUT2D eigenvalue weighted by Gasteiger charge is -2.52. The van der Waals surface area contributed by atoms with Crippen molar-refractivity contribution in [2.24, 2.45) is 11.7 Å². The van der Waals surface area contributed by atoms with Crippen molar-refractivity contribution in [2.75, 3.05) is 6.54 Å². The number of likely N-dealkylation sites (tertiary alicyclic amines) is 1. The van der Waals surface area contributed by atoms with E-state index in [4.69, 9.17) is 10.5 Å². The van der Waals surface area contributed by atoms with E-state index in [1.165, 1.54) is 0 Å². The van der Waals surface area contributed by atoms with Gasteiger partial charge in [-0.1, -0.05) is 18.2 Å². The van der Waals surface area contributed by atoms with Crippen LogP contribution >= 0.6 is 0 Å². The third-order valence-corrected chi connectivity index (χ3v) is 5.43. The monoisotopic (exact) mass is 351 g/mol. The molecule has 0 saturated carbocycles. The van der Waals surface area contributed by atoms with Gasteiger partial charge in [0.05, 0.1) is 0 Å². The molecule has 3 atom stereocenters. The number of rotatable bonds is 4. The molecule has 0 unspecified atom stereocenters. The first-order valence-electron chi connectivity index (χ1n) is 8.77. The van der Waals surface area contributed by atoms with Crippen LogP contribution < -0.4 is 10.5 Å². The van der Waals surface area contributed by atoms with Crippen molar-refractivity contribution in [3.8, 4) is 5.75 Å². The molecule has 134 valence electrons. The average molecular weight is 351 g/mol. The van der Waals surface area contributed by atoms with Crippen LogP contribution in [0.4, 0.5) is 0 Å². The molecule has 2 N–H and O–H groups in total. The second-order valence-corrected chi connectivity index (χ2v) is 7.10. The number of aromatic nitrogens is 1. The summed E-state index contributed by atoms with van der Waals surface area (Å²) in [6.45, 7) is 2.37. The molecule has 6 heteroatoms. The third kappa shape index (κ3) is 2.62. The first kappa shape index (κ1) is 16.6. The van der Waals surface area contributed by atoms with Gasteiger partial charge in [0, 0.05) is 31.3 Å². The summed E-state index contributed by atoms with van der Waals surface area (Å²) in [4.78, 5) is 31.0. The predicted molar refractivity (Wildman–Crippen MR) is 95.2 cm³/mol. The Morgan fingerprint density at radius 1 is 1.31 bits per heavy atom. The van der Waals surface area contributed by atoms with E-state index in [0.717, 1.165) is 16.9 Å². The van der Waals surface area contributed by atoms with Gasteiger partial charge in [0.2, 0.25) is 11.8 Å². The number of benzene rings is 1. The summed E-state index contributed by atoms with van der Waals surface area (Å²) in [5.41, 5.74) is 6.80. The topological polar surface area (TPSA) is 85.5 Å². The fourth-order valence-corrected chi connectivity index (χ4v) is 4.17. The number of carbonyl (C=O) groups is 2. The smallest absolute Gasteiger partial charge is 0.238 e. The van der Waals surface area contributed by atoms with Crippen LogP contribution in [-0.2, 0) is 16.0 Å². The molecule has 1 aromatic heterocycles. The van der Waals surface area contributed by atoms with Gasteiger partial charge in [-0.15, -0.1) is 0 Å². The lowest BCUT2D eigenvalue weighted by Crippen LogP contribution is -2.64. The molecule has 0 aliphatic carbocycles. The van der Waals surface area contributed by atoms with Gasteiger partial charge < -0.3 is 15.4 Å². The van der Waals surface area contributed by atoms with Crippen LogP contribution in [0.1, 0.15) is 30.4 Å². The molecule has 0 spiro atoms. The first-order valence-corrected chi connectivity index (χ1v) is 8.77. The van der Waals surface area contributed by atoms with Crippen LogP contribution in [0.5, 0.6) is 5.75 Å². The van der Waals surface area contributed by atoms with Crippen LogP contribution in [0.3, 0.4) is 0 Å². The maximum atomic E-state index is 13.1. The number of piperidine rings is 1. The van der Waals surface area contributed by atoms with E-state index >= 15 is 0 Å². The molecule has 2 amide bonds. The minimum absolute atomic E-state index is 0.243. The van der Waals surface area contributed by atoms with Gasteiger partial charge in [0.25, 0.3) is 0 Å². The molecule has 26 heavy (non-hydrogen) atoms. The number of ether oxygens (including phenoxy) is 1. The first-order chi connectivity index (χ1) is 12.5. The number of amides is 2. The average Bonchev–Trinajstić information content (AvgIpc) is 2.61. The summed E-state index contributed by atoms with van der Waals surface area (Å²) in [5, 5.41) is 0. The second-order valence-electron chi connectivity index (χ2n) is 7.10. The van der Waals surface area contributed by atoms with Crippen molar-refractivity contribution in [1.82, 2.24) is 9.88 Å². The Kier molecular flexibility index (Phi) is 3.90. The number of nitrogens with two attached hydrogens (primary N) is 1. The van der Waals surface area contributed by atoms with Crippen molar-refractivity contribution in [2.45, 2.75) is 31.4 Å². The lowest BCUT2D eigenvalue weighted by molar-refractivity contribution is -0.175. The maximum Gasteiger partial charge on any atom is 0.238 e. The van der Waals surface area contributed by atoms with E-state index < -0.39 is 17.6 Å². The summed E-state index contributed by atoms with van der Waals surface area (Å²) in [7, 11) is 0. The lowest BCUT2D eigenvalue weighted by atomic mass is 9.73. The summed E-state index contributed by atoms with van der Waals surface area (Å²) >= 11 is 0. The fraction of sp³-hybridized carbons (Fsp3) is 0.350. The van der Waals surface area contributed by atoms with E-state index in [1.54, 1.807) is 17.3 Å². The highest BCUT2D eigenvalue weighted by molar-refractivity contribution is 6.01. The Balaban J connectivity index is 1.69. The highest BCUT2D eigenvalue weighted by Gasteiger charge is 2.55. The zero-order valence-electron chi connectivity index (χ0n) is 14.6. The van der Waals surface area contributed by atoms with Crippen molar-refractivity contribution in [1.29, 1.82) is 0 Å². The third-order valence-electron chi connectivity index (χ3n) is 5.43. The van der Waals surface area contributed by atoms with Gasteiger partial charge in [0.1, 0.15) is 11.7 Å². The Morgan fingerprint density at radius 3 is 2.77 bits per heavy atom. The number of hydrogen-bond donors (Lipinski definition) is 1. The Labute approximate surface area is 152 Å². The number of primary amides is 1. The Bertz CT molecular complexity index is 854. The molecular weight excluding hydrogens is 330 g/mol. The molecule has 2 aliphatic rings. The van der Waals surface area contributed by atoms with Crippen molar-refractivity contribution >= 4 is 11.8 Å². The molecule has 1 saturated heterocycles. The molecule has 2 aliphatic heterocycles. The predicted octanol–water partition coefficient (Wildman–Crippen LogP) is 1.85. The van der Waals surface area contributed by atoms with Crippen molar-refractivity contribution in [3.05, 3.63) is 59.9 Å². The highest BCUT2D eigenvalue weighted by Crippen LogP contribution is 2.49. The summed E-state index contributed by atoms with van der Waals surface area (Å²) < 4.78 is 6.23. The molecule has 0 radical (unpaired) electrons. The van der Waals surface area contributed by atoms with Crippen LogP contribution in [0.15, 0.2) is 48.8 Å². The molecule has 6 nitrogen and oxygen atoms in total. The van der Waals surface area contributed by atoms with Gasteiger partial charge in [0.15, 0.2) is 5.72 Å². The zero-order valence-corrected chi connectivity index (χ0v) is 14.6. The number of para-hydroxylation sites is 1. The molecule has 4 rings (SSSR count). The van der Waals surface area contributed by atoms with Crippen LogP contribution in [0.25, 0.3) is 0 Å². The number of pyridine rings is 1. The van der Waals surface area contributed by atoms with E-state index in [-0.39, 0.29) is 11.8 Å². The maximum absolute atomic E-state index is 13.1. The minimum atomic E-state index is -0.856. The Hall–Kier alpha value is -2.89. The summed E-state index contributed by atoms with van der Waals surface area (Å²) in [6, 6.07) is 11.4. The van der Waals surface area contributed by atoms with Crippen molar-refractivity contribution < 1.29 is 14.3 Å². The Morgan fingerprint density at radius 2 is 2.04 bits per heavy atom. The second kappa shape index (κ2) is 6.12.